The van der Waals surface area contributed by atoms with Crippen molar-refractivity contribution in [3.8, 4) is 0 Å². The zero-order chi connectivity index (χ0) is 13.1. The fourth-order valence-electron chi connectivity index (χ4n) is 1.65. The highest BCUT2D eigenvalue weighted by atomic mass is 19.1. The molecule has 94 valence electrons. The van der Waals surface area contributed by atoms with E-state index in [1.165, 1.54) is 18.2 Å². The molecular weight excluding hydrogens is 239 g/mol. The second-order valence-corrected chi connectivity index (χ2v) is 4.00. The maximum atomic E-state index is 13.4. The fraction of sp³-hybridized carbons (Fsp3) is 0.143. The topological polar surface area (TPSA) is 12.0 Å². The first-order valence-corrected chi connectivity index (χ1v) is 5.51. The van der Waals surface area contributed by atoms with E-state index in [1.807, 2.05) is 0 Å². The summed E-state index contributed by atoms with van der Waals surface area (Å²) >= 11 is 0. The van der Waals surface area contributed by atoms with Crippen LogP contribution in [0, 0.1) is 24.4 Å². The van der Waals surface area contributed by atoms with Crippen molar-refractivity contribution < 1.29 is 13.2 Å². The largest absolute Gasteiger partial charge is 0.381 e. The van der Waals surface area contributed by atoms with Crippen molar-refractivity contribution in [2.45, 2.75) is 13.5 Å². The average Bonchev–Trinajstić information content (AvgIpc) is 2.33. The van der Waals surface area contributed by atoms with E-state index in [4.69, 9.17) is 0 Å². The molecule has 4 heteroatoms. The normalized spacial score (nSPS) is 10.4. The van der Waals surface area contributed by atoms with Crippen LogP contribution in [-0.2, 0) is 6.54 Å². The summed E-state index contributed by atoms with van der Waals surface area (Å²) in [5, 5.41) is 2.93. The smallest absolute Gasteiger partial charge is 0.131 e. The molecular formula is C14H12F3N. The van der Waals surface area contributed by atoms with Gasteiger partial charge in [0.15, 0.2) is 0 Å². The molecule has 0 saturated carbocycles. The summed E-state index contributed by atoms with van der Waals surface area (Å²) < 4.78 is 39.4. The highest BCUT2D eigenvalue weighted by Crippen LogP contribution is 2.19. The Kier molecular flexibility index (Phi) is 3.55. The Morgan fingerprint density at radius 2 is 1.78 bits per heavy atom. The van der Waals surface area contributed by atoms with Gasteiger partial charge in [-0.15, -0.1) is 0 Å². The van der Waals surface area contributed by atoms with E-state index in [2.05, 4.69) is 5.32 Å². The van der Waals surface area contributed by atoms with E-state index < -0.39 is 11.6 Å². The molecule has 0 amide bonds. The van der Waals surface area contributed by atoms with Gasteiger partial charge >= 0.3 is 0 Å². The van der Waals surface area contributed by atoms with Crippen molar-refractivity contribution in [3.63, 3.8) is 0 Å². The van der Waals surface area contributed by atoms with Crippen molar-refractivity contribution in [1.82, 2.24) is 0 Å². The maximum absolute atomic E-state index is 13.4. The first-order valence-electron chi connectivity index (χ1n) is 5.51. The Bertz CT molecular complexity index is 567. The minimum Gasteiger partial charge on any atom is -0.381 e. The lowest BCUT2D eigenvalue weighted by molar-refractivity contribution is 0.574. The average molecular weight is 251 g/mol. The standard InChI is InChI=1S/C14H12F3N/c1-9-12(16)3-2-4-14(9)18-8-10-5-6-11(15)7-13(10)17/h2-7,18H,8H2,1H3. The van der Waals surface area contributed by atoms with E-state index in [0.717, 1.165) is 6.07 Å². The number of rotatable bonds is 3. The van der Waals surface area contributed by atoms with Gasteiger partial charge in [0.05, 0.1) is 0 Å². The molecule has 0 aromatic heterocycles. The molecule has 1 nitrogen and oxygen atoms in total. The Balaban J connectivity index is 2.14. The van der Waals surface area contributed by atoms with E-state index in [9.17, 15) is 13.2 Å². The van der Waals surface area contributed by atoms with Crippen LogP contribution in [0.3, 0.4) is 0 Å². The van der Waals surface area contributed by atoms with Crippen molar-refractivity contribution >= 4 is 5.69 Å². The summed E-state index contributed by atoms with van der Waals surface area (Å²) in [5.74, 6) is -1.55. The molecule has 18 heavy (non-hydrogen) atoms. The maximum Gasteiger partial charge on any atom is 0.131 e. The van der Waals surface area contributed by atoms with Crippen molar-refractivity contribution in [2.24, 2.45) is 0 Å². The third-order valence-corrected chi connectivity index (χ3v) is 2.75. The molecule has 2 rings (SSSR count). The van der Waals surface area contributed by atoms with Crippen LogP contribution in [-0.4, -0.2) is 0 Å². The molecule has 2 aromatic carbocycles. The zero-order valence-electron chi connectivity index (χ0n) is 9.81. The lowest BCUT2D eigenvalue weighted by atomic mass is 10.1. The van der Waals surface area contributed by atoms with E-state index in [1.54, 1.807) is 19.1 Å². The number of benzene rings is 2. The van der Waals surface area contributed by atoms with Crippen LogP contribution in [0.5, 0.6) is 0 Å². The van der Waals surface area contributed by atoms with Gasteiger partial charge in [-0.05, 0) is 25.1 Å². The molecule has 0 unspecified atom stereocenters. The van der Waals surface area contributed by atoms with Crippen LogP contribution in [0.15, 0.2) is 36.4 Å². The molecule has 0 aliphatic rings. The summed E-state index contributed by atoms with van der Waals surface area (Å²) in [6.07, 6.45) is 0. The summed E-state index contributed by atoms with van der Waals surface area (Å²) in [6.45, 7) is 1.81. The summed E-state index contributed by atoms with van der Waals surface area (Å²) in [7, 11) is 0. The van der Waals surface area contributed by atoms with Gasteiger partial charge in [-0.2, -0.15) is 0 Å². The van der Waals surface area contributed by atoms with E-state index in [0.29, 0.717) is 16.8 Å². The summed E-state index contributed by atoms with van der Waals surface area (Å²) in [4.78, 5) is 0. The zero-order valence-corrected chi connectivity index (χ0v) is 9.81. The molecule has 1 N–H and O–H groups in total. The minimum atomic E-state index is -0.614. The molecule has 0 bridgehead atoms. The van der Waals surface area contributed by atoms with Crippen molar-refractivity contribution in [2.75, 3.05) is 5.32 Å². The number of hydrogen-bond donors (Lipinski definition) is 1. The van der Waals surface area contributed by atoms with Crippen LogP contribution < -0.4 is 5.32 Å². The molecule has 2 aromatic rings. The molecule has 0 atom stereocenters. The Morgan fingerprint density at radius 3 is 2.50 bits per heavy atom. The van der Waals surface area contributed by atoms with Gasteiger partial charge in [-0.1, -0.05) is 12.1 Å². The predicted molar refractivity (Wildman–Crippen MR) is 64.8 cm³/mol. The molecule has 0 radical (unpaired) electrons. The van der Waals surface area contributed by atoms with Gasteiger partial charge in [0.25, 0.3) is 0 Å². The van der Waals surface area contributed by atoms with Gasteiger partial charge in [0, 0.05) is 29.4 Å². The third kappa shape index (κ3) is 2.64. The van der Waals surface area contributed by atoms with Crippen molar-refractivity contribution in [3.05, 3.63) is 65.0 Å². The SMILES string of the molecule is Cc1c(F)cccc1NCc1ccc(F)cc1F. The van der Waals surface area contributed by atoms with Crippen LogP contribution in [0.25, 0.3) is 0 Å². The second kappa shape index (κ2) is 5.12. The van der Waals surface area contributed by atoms with Crippen LogP contribution >= 0.6 is 0 Å². The van der Waals surface area contributed by atoms with Gasteiger partial charge < -0.3 is 5.32 Å². The number of anilines is 1. The number of nitrogens with one attached hydrogen (secondary N) is 1. The summed E-state index contributed by atoms with van der Waals surface area (Å²) in [6, 6.07) is 8.03. The van der Waals surface area contributed by atoms with E-state index in [-0.39, 0.29) is 12.4 Å². The summed E-state index contributed by atoms with van der Waals surface area (Å²) in [5.41, 5.74) is 1.40. The van der Waals surface area contributed by atoms with Gasteiger partial charge in [-0.25, -0.2) is 13.2 Å². The Morgan fingerprint density at radius 1 is 1.00 bits per heavy atom. The Hall–Kier alpha value is -1.97. The lowest BCUT2D eigenvalue weighted by Gasteiger charge is -2.10. The first-order chi connectivity index (χ1) is 8.58. The molecule has 0 saturated heterocycles. The first kappa shape index (κ1) is 12.5. The molecule has 0 aliphatic carbocycles. The lowest BCUT2D eigenvalue weighted by Crippen LogP contribution is -2.04. The monoisotopic (exact) mass is 251 g/mol. The Labute approximate surface area is 103 Å². The highest BCUT2D eigenvalue weighted by molar-refractivity contribution is 5.51. The molecule has 0 aliphatic heterocycles. The van der Waals surface area contributed by atoms with Crippen molar-refractivity contribution in [1.29, 1.82) is 0 Å². The van der Waals surface area contributed by atoms with E-state index >= 15 is 0 Å². The second-order valence-electron chi connectivity index (χ2n) is 4.00. The van der Waals surface area contributed by atoms with Crippen LogP contribution in [0.1, 0.15) is 11.1 Å². The highest BCUT2D eigenvalue weighted by Gasteiger charge is 2.06. The van der Waals surface area contributed by atoms with Crippen LogP contribution in [0.4, 0.5) is 18.9 Å². The molecule has 0 heterocycles. The van der Waals surface area contributed by atoms with Gasteiger partial charge in [0.2, 0.25) is 0 Å². The number of halogens is 3. The predicted octanol–water partition coefficient (Wildman–Crippen LogP) is 4.02. The minimum absolute atomic E-state index is 0.177. The van der Waals surface area contributed by atoms with Crippen LogP contribution in [0.2, 0.25) is 0 Å². The quantitative estimate of drug-likeness (QED) is 0.868. The third-order valence-electron chi connectivity index (χ3n) is 2.75. The van der Waals surface area contributed by atoms with Gasteiger partial charge in [0.1, 0.15) is 17.5 Å². The fourth-order valence-corrected chi connectivity index (χ4v) is 1.65. The van der Waals surface area contributed by atoms with Gasteiger partial charge in [-0.3, -0.25) is 0 Å². The molecule has 0 fully saturated rings. The molecule has 0 spiro atoms. The number of hydrogen-bond acceptors (Lipinski definition) is 1.